The van der Waals surface area contributed by atoms with E-state index in [1.54, 1.807) is 0 Å². The second-order valence-corrected chi connectivity index (χ2v) is 17.3. The summed E-state index contributed by atoms with van der Waals surface area (Å²) < 4.78 is 6.14. The second kappa shape index (κ2) is 10.1. The van der Waals surface area contributed by atoms with Crippen LogP contribution in [0.5, 0.6) is 0 Å². The molecule has 6 nitrogen and oxygen atoms in total. The fourth-order valence-corrected chi connectivity index (χ4v) is 13.2. The van der Waals surface area contributed by atoms with Crippen LogP contribution in [-0.4, -0.2) is 63.3 Å². The van der Waals surface area contributed by atoms with Crippen molar-refractivity contribution in [1.82, 2.24) is 0 Å². The molecular weight excluding hydrogens is 528 g/mol. The third kappa shape index (κ3) is 4.03. The Balaban J connectivity index is 1.35. The Labute approximate surface area is 253 Å². The van der Waals surface area contributed by atoms with Gasteiger partial charge in [-0.15, -0.1) is 0 Å². The molecule has 0 aromatic heterocycles. The Morgan fingerprint density at radius 3 is 2.19 bits per heavy atom. The number of hydrogen-bond donors (Lipinski definition) is 4. The molecule has 238 valence electrons. The van der Waals surface area contributed by atoms with Crippen molar-refractivity contribution < 1.29 is 30.0 Å². The minimum atomic E-state index is -1.32. The Morgan fingerprint density at radius 1 is 0.833 bits per heavy atom. The van der Waals surface area contributed by atoms with Gasteiger partial charge in [0.25, 0.3) is 0 Å². The van der Waals surface area contributed by atoms with Crippen molar-refractivity contribution in [2.75, 3.05) is 6.61 Å². The van der Waals surface area contributed by atoms with Crippen LogP contribution in [0.1, 0.15) is 112 Å². The number of hydrogen-bond acceptors (Lipinski definition) is 6. The van der Waals surface area contributed by atoms with E-state index in [9.17, 15) is 25.2 Å². The van der Waals surface area contributed by atoms with E-state index >= 15 is 0 Å². The lowest BCUT2D eigenvalue weighted by atomic mass is 9.32. The molecule has 1 heterocycles. The molecule has 0 spiro atoms. The van der Waals surface area contributed by atoms with Gasteiger partial charge in [-0.25, -0.2) is 0 Å². The first-order valence-electron chi connectivity index (χ1n) is 17.1. The number of rotatable bonds is 4. The number of aliphatic hydroxyl groups is 4. The Bertz CT molecular complexity index is 1100. The van der Waals surface area contributed by atoms with Crippen molar-refractivity contribution in [3.05, 3.63) is 12.2 Å². The summed E-state index contributed by atoms with van der Waals surface area (Å²) in [6, 6.07) is 0. The molecule has 1 aliphatic heterocycles. The maximum absolute atomic E-state index is 13.1. The normalized spacial score (nSPS) is 55.2. The molecule has 14 atom stereocenters. The first-order chi connectivity index (χ1) is 19.6. The predicted molar refractivity (Wildman–Crippen MR) is 162 cm³/mol. The SMILES string of the molecule is C=C(C)[C@@H]1CC[C@]2(C[C@@H]3OC(CO)[C@@H](O)C(O)C3O)CC[C@]3(C)C(CCC4[C@@]5(C)CCC(=O)C(C)(C)C5CC[C@]43C)C12. The van der Waals surface area contributed by atoms with Crippen LogP contribution >= 0.6 is 0 Å². The standard InChI is InChI=1S/C36H58O6/c1-20(2)21-10-15-36(18-23-29(39)31(41)30(40)24(19-37)42-23)17-16-34(6)22(28(21)36)8-9-26-33(5)13-12-27(38)32(3,4)25(33)11-14-35(26,34)7/h21-26,28-31,37,39-41H,1,8-19H2,2-7H3/t21-,22?,23-,24?,25?,26?,28?,29?,30+,31?,33-,34+,35+,36+/m0/s1. The van der Waals surface area contributed by atoms with E-state index in [4.69, 9.17) is 4.74 Å². The molecule has 42 heavy (non-hydrogen) atoms. The molecule has 6 fully saturated rings. The molecule has 5 aliphatic carbocycles. The molecule has 4 N–H and O–H groups in total. The zero-order valence-corrected chi connectivity index (χ0v) is 27.1. The molecule has 6 aliphatic rings. The molecule has 0 aromatic carbocycles. The van der Waals surface area contributed by atoms with Gasteiger partial charge in [0.2, 0.25) is 0 Å². The zero-order valence-electron chi connectivity index (χ0n) is 27.1. The summed E-state index contributed by atoms with van der Waals surface area (Å²) in [5.41, 5.74) is 1.56. The van der Waals surface area contributed by atoms with Gasteiger partial charge in [0.1, 0.15) is 30.2 Å². The van der Waals surface area contributed by atoms with Crippen LogP contribution in [-0.2, 0) is 9.53 Å². The predicted octanol–water partition coefficient (Wildman–Crippen LogP) is 5.45. The number of aliphatic hydroxyl groups excluding tert-OH is 4. The summed E-state index contributed by atoms with van der Waals surface area (Å²) in [6.45, 7) is 18.5. The Hall–Kier alpha value is -0.790. The summed E-state index contributed by atoms with van der Waals surface area (Å²) >= 11 is 0. The topological polar surface area (TPSA) is 107 Å². The molecule has 5 saturated carbocycles. The van der Waals surface area contributed by atoms with E-state index in [1.165, 1.54) is 24.8 Å². The largest absolute Gasteiger partial charge is 0.394 e. The van der Waals surface area contributed by atoms with E-state index in [0.29, 0.717) is 41.8 Å². The molecule has 7 unspecified atom stereocenters. The highest BCUT2D eigenvalue weighted by atomic mass is 16.5. The van der Waals surface area contributed by atoms with Crippen molar-refractivity contribution in [1.29, 1.82) is 0 Å². The summed E-state index contributed by atoms with van der Waals surface area (Å²) in [5.74, 6) is 2.93. The highest BCUT2D eigenvalue weighted by Crippen LogP contribution is 2.77. The molecule has 6 rings (SSSR count). The quantitative estimate of drug-likeness (QED) is 0.327. The first-order valence-corrected chi connectivity index (χ1v) is 17.1. The summed E-state index contributed by atoms with van der Waals surface area (Å²) in [6.07, 6.45) is 6.21. The third-order valence-corrected chi connectivity index (χ3v) is 15.6. The summed E-state index contributed by atoms with van der Waals surface area (Å²) in [4.78, 5) is 13.1. The molecule has 0 amide bonds. The van der Waals surface area contributed by atoms with Gasteiger partial charge in [-0.1, -0.05) is 46.8 Å². The highest BCUT2D eigenvalue weighted by Gasteiger charge is 2.71. The van der Waals surface area contributed by atoms with Crippen molar-refractivity contribution in [2.45, 2.75) is 143 Å². The van der Waals surface area contributed by atoms with Gasteiger partial charge in [-0.05, 0) is 122 Å². The number of carbonyl (C=O) groups is 1. The average molecular weight is 587 g/mol. The van der Waals surface area contributed by atoms with Crippen LogP contribution in [0.15, 0.2) is 12.2 Å². The van der Waals surface area contributed by atoms with E-state index in [-0.39, 0.29) is 33.7 Å². The van der Waals surface area contributed by atoms with Crippen LogP contribution in [0, 0.1) is 56.7 Å². The van der Waals surface area contributed by atoms with Crippen molar-refractivity contribution in [2.24, 2.45) is 56.7 Å². The Kier molecular flexibility index (Phi) is 7.51. The molecular formula is C36H58O6. The van der Waals surface area contributed by atoms with E-state index < -0.39 is 30.5 Å². The average Bonchev–Trinajstić information content (AvgIpc) is 3.31. The smallest absolute Gasteiger partial charge is 0.138 e. The maximum Gasteiger partial charge on any atom is 0.138 e. The van der Waals surface area contributed by atoms with Gasteiger partial charge >= 0.3 is 0 Å². The van der Waals surface area contributed by atoms with Gasteiger partial charge in [-0.2, -0.15) is 0 Å². The minimum absolute atomic E-state index is 0.0228. The van der Waals surface area contributed by atoms with Crippen LogP contribution < -0.4 is 0 Å². The summed E-state index contributed by atoms with van der Waals surface area (Å²) in [7, 11) is 0. The number of ketones is 1. The highest BCUT2D eigenvalue weighted by molar-refractivity contribution is 5.85. The summed E-state index contributed by atoms with van der Waals surface area (Å²) in [5, 5.41) is 42.0. The Morgan fingerprint density at radius 2 is 1.52 bits per heavy atom. The molecule has 0 aromatic rings. The lowest BCUT2D eigenvalue weighted by Crippen LogP contribution is -2.66. The van der Waals surface area contributed by atoms with Gasteiger partial charge in [0.15, 0.2) is 0 Å². The fourth-order valence-electron chi connectivity index (χ4n) is 13.2. The molecule has 1 saturated heterocycles. The van der Waals surface area contributed by atoms with E-state index in [1.807, 2.05) is 0 Å². The zero-order chi connectivity index (χ0) is 30.6. The number of Topliss-reactive ketones (excluding diaryl/α,β-unsaturated/α-hetero) is 1. The number of allylic oxidation sites excluding steroid dienone is 1. The maximum atomic E-state index is 13.1. The van der Waals surface area contributed by atoms with E-state index in [0.717, 1.165) is 44.9 Å². The van der Waals surface area contributed by atoms with E-state index in [2.05, 4.69) is 48.1 Å². The van der Waals surface area contributed by atoms with Crippen LogP contribution in [0.4, 0.5) is 0 Å². The van der Waals surface area contributed by atoms with Crippen molar-refractivity contribution in [3.8, 4) is 0 Å². The second-order valence-electron chi connectivity index (χ2n) is 17.3. The molecule has 6 heteroatoms. The van der Waals surface area contributed by atoms with Crippen LogP contribution in [0.2, 0.25) is 0 Å². The fraction of sp³-hybridized carbons (Fsp3) is 0.917. The van der Waals surface area contributed by atoms with Gasteiger partial charge in [0, 0.05) is 11.8 Å². The third-order valence-electron chi connectivity index (χ3n) is 15.6. The lowest BCUT2D eigenvalue weighted by molar-refractivity contribution is -0.253. The van der Waals surface area contributed by atoms with Crippen LogP contribution in [0.25, 0.3) is 0 Å². The monoisotopic (exact) mass is 586 g/mol. The van der Waals surface area contributed by atoms with Gasteiger partial charge in [-0.3, -0.25) is 4.79 Å². The number of carbonyl (C=O) groups excluding carboxylic acids is 1. The molecule has 0 radical (unpaired) electrons. The van der Waals surface area contributed by atoms with Crippen molar-refractivity contribution >= 4 is 5.78 Å². The van der Waals surface area contributed by atoms with Crippen LogP contribution in [0.3, 0.4) is 0 Å². The first kappa shape index (κ1) is 31.2. The lowest BCUT2D eigenvalue weighted by Gasteiger charge is -2.72. The van der Waals surface area contributed by atoms with Crippen molar-refractivity contribution in [3.63, 3.8) is 0 Å². The number of fused-ring (bicyclic) bond motifs is 7. The number of ether oxygens (including phenoxy) is 1. The van der Waals surface area contributed by atoms with Gasteiger partial charge in [0.05, 0.1) is 12.7 Å². The van der Waals surface area contributed by atoms with Gasteiger partial charge < -0.3 is 25.2 Å². The minimum Gasteiger partial charge on any atom is -0.394 e. The molecule has 0 bridgehead atoms.